The molecule has 32 heavy (non-hydrogen) atoms. The summed E-state index contributed by atoms with van der Waals surface area (Å²) >= 11 is 1.68. The van der Waals surface area contributed by atoms with Gasteiger partial charge in [-0.05, 0) is 61.5 Å². The molecule has 6 heteroatoms. The van der Waals surface area contributed by atoms with Crippen molar-refractivity contribution in [1.29, 1.82) is 0 Å². The second kappa shape index (κ2) is 11.1. The molecule has 2 aromatic rings. The van der Waals surface area contributed by atoms with E-state index in [0.29, 0.717) is 6.54 Å². The quantitative estimate of drug-likeness (QED) is 0.493. The van der Waals surface area contributed by atoms with E-state index in [-0.39, 0.29) is 17.7 Å². The van der Waals surface area contributed by atoms with Crippen LogP contribution < -0.4 is 14.4 Å². The summed E-state index contributed by atoms with van der Waals surface area (Å²) in [4.78, 5) is 19.2. The van der Waals surface area contributed by atoms with Crippen molar-refractivity contribution in [3.63, 3.8) is 0 Å². The summed E-state index contributed by atoms with van der Waals surface area (Å²) < 4.78 is 11.3. The Morgan fingerprint density at radius 1 is 1.06 bits per heavy atom. The third kappa shape index (κ3) is 4.91. The van der Waals surface area contributed by atoms with Crippen LogP contribution in [0.1, 0.15) is 37.8 Å². The van der Waals surface area contributed by atoms with Gasteiger partial charge in [-0.3, -0.25) is 4.79 Å². The molecule has 1 aliphatic rings. The van der Waals surface area contributed by atoms with Crippen molar-refractivity contribution in [3.8, 4) is 11.5 Å². The van der Waals surface area contributed by atoms with Crippen molar-refractivity contribution in [2.75, 3.05) is 51.6 Å². The van der Waals surface area contributed by atoms with Gasteiger partial charge in [-0.15, -0.1) is 11.8 Å². The van der Waals surface area contributed by atoms with Gasteiger partial charge >= 0.3 is 0 Å². The first kappa shape index (κ1) is 24.5. The molecule has 5 nitrogen and oxygen atoms in total. The number of hydrogen-bond acceptors (Lipinski definition) is 5. The average molecular weight is 457 g/mol. The third-order valence-electron chi connectivity index (χ3n) is 6.68. The molecule has 2 atom stereocenters. The molecule has 1 aliphatic heterocycles. The van der Waals surface area contributed by atoms with E-state index in [1.807, 2.05) is 17.0 Å². The van der Waals surface area contributed by atoms with Gasteiger partial charge in [-0.2, -0.15) is 0 Å². The number of methoxy groups -OCH3 is 2. The zero-order chi connectivity index (χ0) is 23.3. The molecule has 1 amide bonds. The summed E-state index contributed by atoms with van der Waals surface area (Å²) in [6, 6.07) is 12.3. The van der Waals surface area contributed by atoms with Gasteiger partial charge in [0.1, 0.15) is 11.5 Å². The summed E-state index contributed by atoms with van der Waals surface area (Å²) in [5.41, 5.74) is 3.26. The highest BCUT2D eigenvalue weighted by Gasteiger charge is 2.36. The van der Waals surface area contributed by atoms with E-state index in [0.717, 1.165) is 59.3 Å². The summed E-state index contributed by atoms with van der Waals surface area (Å²) in [6.07, 6.45) is 2.82. The number of carbonyl (C=O) groups excluding carboxylic acids is 1. The van der Waals surface area contributed by atoms with Gasteiger partial charge in [0.2, 0.25) is 5.91 Å². The Kier molecular flexibility index (Phi) is 8.49. The first-order valence-electron chi connectivity index (χ1n) is 11.4. The van der Waals surface area contributed by atoms with Crippen LogP contribution in [0, 0.1) is 5.92 Å². The minimum absolute atomic E-state index is 0.0663. The number of carbonyl (C=O) groups is 1. The molecule has 0 bridgehead atoms. The predicted octanol–water partition coefficient (Wildman–Crippen LogP) is 5.08. The summed E-state index contributed by atoms with van der Waals surface area (Å²) in [5, 5.41) is 0. The number of fused-ring (bicyclic) bond motifs is 1. The van der Waals surface area contributed by atoms with Crippen molar-refractivity contribution in [2.24, 2.45) is 5.92 Å². The molecule has 174 valence electrons. The topological polar surface area (TPSA) is 42.0 Å². The maximum Gasteiger partial charge on any atom is 0.230 e. The molecule has 0 aromatic heterocycles. The predicted molar refractivity (Wildman–Crippen MR) is 134 cm³/mol. The van der Waals surface area contributed by atoms with Crippen LogP contribution in [0.15, 0.2) is 41.3 Å². The fourth-order valence-electron chi connectivity index (χ4n) is 4.63. The van der Waals surface area contributed by atoms with Gasteiger partial charge in [0.15, 0.2) is 0 Å². The molecule has 0 aliphatic carbocycles. The molecule has 0 saturated heterocycles. The van der Waals surface area contributed by atoms with E-state index in [4.69, 9.17) is 9.47 Å². The van der Waals surface area contributed by atoms with E-state index >= 15 is 0 Å². The van der Waals surface area contributed by atoms with Crippen LogP contribution in [0.25, 0.3) is 0 Å². The van der Waals surface area contributed by atoms with Gasteiger partial charge in [0, 0.05) is 29.5 Å². The monoisotopic (exact) mass is 456 g/mol. The van der Waals surface area contributed by atoms with Crippen LogP contribution in [0.2, 0.25) is 0 Å². The highest BCUT2D eigenvalue weighted by Crippen LogP contribution is 2.45. The first-order chi connectivity index (χ1) is 15.5. The number of likely N-dealkylation sites (N-methyl/N-ethyl adjacent to an activating group) is 1. The fourth-order valence-corrected chi connectivity index (χ4v) is 5.23. The van der Waals surface area contributed by atoms with Crippen LogP contribution >= 0.6 is 11.8 Å². The Hall–Kier alpha value is -2.18. The van der Waals surface area contributed by atoms with Crippen molar-refractivity contribution in [3.05, 3.63) is 47.5 Å². The number of benzene rings is 2. The Morgan fingerprint density at radius 2 is 1.75 bits per heavy atom. The van der Waals surface area contributed by atoms with Gasteiger partial charge in [-0.1, -0.05) is 32.9 Å². The van der Waals surface area contributed by atoms with Crippen LogP contribution in [0.5, 0.6) is 11.5 Å². The van der Waals surface area contributed by atoms with Crippen LogP contribution in [-0.2, 0) is 11.2 Å². The third-order valence-corrected chi connectivity index (χ3v) is 7.44. The molecule has 2 aromatic carbocycles. The maximum absolute atomic E-state index is 13.8. The molecular weight excluding hydrogens is 420 g/mol. The van der Waals surface area contributed by atoms with Crippen molar-refractivity contribution >= 4 is 23.4 Å². The van der Waals surface area contributed by atoms with Crippen LogP contribution in [-0.4, -0.2) is 57.5 Å². The Labute approximate surface area is 197 Å². The number of ether oxygens (including phenoxy) is 2. The lowest BCUT2D eigenvalue weighted by Gasteiger charge is -2.29. The number of anilines is 1. The standard InChI is InChI=1S/C26H36N2O3S/c1-7-27(8-2)15-16-28-23-13-14-24(32-6)25(31-5)22(23)17-21(18(3)26(28)29)19-9-11-20(30-4)12-10-19/h9-14,18,21H,7-8,15-17H2,1-6H3/t18-,21-/m1/s1. The summed E-state index contributed by atoms with van der Waals surface area (Å²) in [5.74, 6) is 1.82. The lowest BCUT2D eigenvalue weighted by atomic mass is 9.82. The van der Waals surface area contributed by atoms with Crippen LogP contribution in [0.3, 0.4) is 0 Å². The summed E-state index contributed by atoms with van der Waals surface area (Å²) in [6.45, 7) is 9.87. The normalized spacial score (nSPS) is 18.5. The van der Waals surface area contributed by atoms with E-state index in [2.05, 4.69) is 56.2 Å². The molecule has 0 spiro atoms. The van der Waals surface area contributed by atoms with Crippen LogP contribution in [0.4, 0.5) is 5.69 Å². The second-order valence-electron chi connectivity index (χ2n) is 8.19. The Balaban J connectivity index is 2.08. The van der Waals surface area contributed by atoms with Crippen molar-refractivity contribution in [1.82, 2.24) is 4.90 Å². The molecule has 0 N–H and O–H groups in total. The first-order valence-corrected chi connectivity index (χ1v) is 12.6. The zero-order valence-corrected chi connectivity index (χ0v) is 21.0. The number of thioether (sulfide) groups is 1. The van der Waals surface area contributed by atoms with Gasteiger partial charge in [0.05, 0.1) is 19.9 Å². The highest BCUT2D eigenvalue weighted by molar-refractivity contribution is 7.98. The molecule has 1 heterocycles. The van der Waals surface area contributed by atoms with E-state index in [9.17, 15) is 4.79 Å². The average Bonchev–Trinajstić information content (AvgIpc) is 2.94. The number of rotatable bonds is 9. The van der Waals surface area contributed by atoms with Crippen molar-refractivity contribution < 1.29 is 14.3 Å². The molecule has 3 rings (SSSR count). The van der Waals surface area contributed by atoms with Crippen molar-refractivity contribution in [2.45, 2.75) is 38.0 Å². The van der Waals surface area contributed by atoms with E-state index in [1.165, 1.54) is 0 Å². The van der Waals surface area contributed by atoms with E-state index < -0.39 is 0 Å². The largest absolute Gasteiger partial charge is 0.497 e. The molecule has 0 unspecified atom stereocenters. The molecule has 0 fully saturated rings. The van der Waals surface area contributed by atoms with Gasteiger partial charge < -0.3 is 19.3 Å². The minimum Gasteiger partial charge on any atom is -0.497 e. The second-order valence-corrected chi connectivity index (χ2v) is 9.04. The number of nitrogens with zero attached hydrogens (tertiary/aromatic N) is 2. The lowest BCUT2D eigenvalue weighted by molar-refractivity contribution is -0.122. The van der Waals surface area contributed by atoms with Gasteiger partial charge in [-0.25, -0.2) is 0 Å². The molecule has 0 radical (unpaired) electrons. The molecular formula is C26H36N2O3S. The fraction of sp³-hybridized carbons (Fsp3) is 0.500. The minimum atomic E-state index is -0.144. The molecule has 0 saturated carbocycles. The highest BCUT2D eigenvalue weighted by atomic mass is 32.2. The Bertz CT molecular complexity index is 912. The summed E-state index contributed by atoms with van der Waals surface area (Å²) in [7, 11) is 3.40. The van der Waals surface area contributed by atoms with Gasteiger partial charge in [0.25, 0.3) is 0 Å². The smallest absolute Gasteiger partial charge is 0.230 e. The number of hydrogen-bond donors (Lipinski definition) is 0. The van der Waals surface area contributed by atoms with E-state index in [1.54, 1.807) is 26.0 Å². The number of amides is 1. The maximum atomic E-state index is 13.8. The zero-order valence-electron chi connectivity index (χ0n) is 20.2. The lowest BCUT2D eigenvalue weighted by Crippen LogP contribution is -2.41. The SMILES string of the molecule is CCN(CC)CCN1C(=O)[C@H](C)[C@H](c2ccc(OC)cc2)Cc2c1ccc(SC)c2OC. The Morgan fingerprint density at radius 3 is 2.31 bits per heavy atom.